The highest BCUT2D eigenvalue weighted by atomic mass is 19.1. The predicted octanol–water partition coefficient (Wildman–Crippen LogP) is 2.02. The van der Waals surface area contributed by atoms with Crippen LogP contribution in [0, 0.1) is 18.7 Å². The van der Waals surface area contributed by atoms with Crippen molar-refractivity contribution in [3.8, 4) is 0 Å². The van der Waals surface area contributed by atoms with E-state index < -0.39 is 5.82 Å². The zero-order valence-corrected chi connectivity index (χ0v) is 10.4. The zero-order chi connectivity index (χ0) is 13.1. The fourth-order valence-corrected chi connectivity index (χ4v) is 2.45. The van der Waals surface area contributed by atoms with Gasteiger partial charge in [0.25, 0.3) is 5.91 Å². The Kier molecular flexibility index (Phi) is 3.97. The molecule has 0 aliphatic heterocycles. The van der Waals surface area contributed by atoms with E-state index in [2.05, 4.69) is 5.32 Å². The van der Waals surface area contributed by atoms with Crippen molar-refractivity contribution in [1.82, 2.24) is 5.32 Å². The van der Waals surface area contributed by atoms with Gasteiger partial charge in [-0.3, -0.25) is 4.79 Å². The largest absolute Gasteiger partial charge is 0.393 e. The highest BCUT2D eigenvalue weighted by Gasteiger charge is 2.25. The highest BCUT2D eigenvalue weighted by molar-refractivity contribution is 5.94. The number of carbonyl (C=O) groups excluding carboxylic acids is 1. The van der Waals surface area contributed by atoms with Gasteiger partial charge in [-0.15, -0.1) is 0 Å². The number of benzene rings is 1. The van der Waals surface area contributed by atoms with Gasteiger partial charge in [0, 0.05) is 18.0 Å². The lowest BCUT2D eigenvalue weighted by atomic mass is 10.1. The topological polar surface area (TPSA) is 49.3 Å². The van der Waals surface area contributed by atoms with Crippen molar-refractivity contribution in [3.05, 3.63) is 35.1 Å². The number of aliphatic hydroxyl groups is 1. The highest BCUT2D eigenvalue weighted by Crippen LogP contribution is 2.24. The van der Waals surface area contributed by atoms with Gasteiger partial charge in [0.15, 0.2) is 0 Å². The van der Waals surface area contributed by atoms with Crippen molar-refractivity contribution in [2.75, 3.05) is 6.54 Å². The van der Waals surface area contributed by atoms with Crippen LogP contribution >= 0.6 is 0 Å². The molecule has 2 atom stereocenters. The van der Waals surface area contributed by atoms with E-state index in [0.29, 0.717) is 12.1 Å². The van der Waals surface area contributed by atoms with Crippen LogP contribution in [-0.4, -0.2) is 23.7 Å². The third-order valence-corrected chi connectivity index (χ3v) is 3.45. The molecular formula is C14H18FNO2. The second-order valence-electron chi connectivity index (χ2n) is 4.99. The summed E-state index contributed by atoms with van der Waals surface area (Å²) in [5.74, 6) is -0.554. The molecule has 0 bridgehead atoms. The minimum absolute atomic E-state index is 0.128. The lowest BCUT2D eigenvalue weighted by Crippen LogP contribution is -2.32. The SMILES string of the molecule is Cc1cc(F)cc(C(=O)NCC2CCCC2O)c1. The van der Waals surface area contributed by atoms with Crippen molar-refractivity contribution in [2.24, 2.45) is 5.92 Å². The minimum Gasteiger partial charge on any atom is -0.393 e. The van der Waals surface area contributed by atoms with Crippen LogP contribution in [-0.2, 0) is 0 Å². The quantitative estimate of drug-likeness (QED) is 0.863. The van der Waals surface area contributed by atoms with Crippen LogP contribution in [0.4, 0.5) is 4.39 Å². The second kappa shape index (κ2) is 5.48. The molecule has 2 rings (SSSR count). The zero-order valence-electron chi connectivity index (χ0n) is 10.4. The molecule has 3 nitrogen and oxygen atoms in total. The molecule has 1 aliphatic carbocycles. The Balaban J connectivity index is 1.95. The first-order chi connectivity index (χ1) is 8.56. The first kappa shape index (κ1) is 13.0. The Labute approximate surface area is 106 Å². The van der Waals surface area contributed by atoms with Gasteiger partial charge in [-0.05, 0) is 43.5 Å². The molecule has 0 spiro atoms. The maximum absolute atomic E-state index is 13.2. The number of aliphatic hydroxyl groups excluding tert-OH is 1. The first-order valence-electron chi connectivity index (χ1n) is 6.29. The molecule has 0 heterocycles. The summed E-state index contributed by atoms with van der Waals surface area (Å²) in [5, 5.41) is 12.4. The molecular weight excluding hydrogens is 233 g/mol. The van der Waals surface area contributed by atoms with Crippen LogP contribution in [0.25, 0.3) is 0 Å². The van der Waals surface area contributed by atoms with Crippen LogP contribution < -0.4 is 5.32 Å². The van der Waals surface area contributed by atoms with Gasteiger partial charge in [0.05, 0.1) is 6.10 Å². The third kappa shape index (κ3) is 3.07. The van der Waals surface area contributed by atoms with Gasteiger partial charge in [-0.2, -0.15) is 0 Å². The predicted molar refractivity (Wildman–Crippen MR) is 66.8 cm³/mol. The molecule has 4 heteroatoms. The van der Waals surface area contributed by atoms with Crippen LogP contribution in [0.5, 0.6) is 0 Å². The van der Waals surface area contributed by atoms with Gasteiger partial charge in [-0.1, -0.05) is 6.42 Å². The second-order valence-corrected chi connectivity index (χ2v) is 4.99. The number of rotatable bonds is 3. The molecule has 0 aromatic heterocycles. The summed E-state index contributed by atoms with van der Waals surface area (Å²) in [6.07, 6.45) is 2.42. The van der Waals surface area contributed by atoms with E-state index in [-0.39, 0.29) is 17.9 Å². The number of carbonyl (C=O) groups is 1. The standard InChI is InChI=1S/C14H18FNO2/c1-9-5-11(7-12(15)6-9)14(18)16-8-10-3-2-4-13(10)17/h5-7,10,13,17H,2-4,8H2,1H3,(H,16,18). The number of aryl methyl sites for hydroxylation is 1. The smallest absolute Gasteiger partial charge is 0.251 e. The Morgan fingerprint density at radius 1 is 1.44 bits per heavy atom. The summed E-state index contributed by atoms with van der Waals surface area (Å²) < 4.78 is 13.2. The molecule has 2 N–H and O–H groups in total. The Bertz CT molecular complexity index is 427. The van der Waals surface area contributed by atoms with Crippen LogP contribution in [0.15, 0.2) is 18.2 Å². The molecule has 1 saturated carbocycles. The first-order valence-corrected chi connectivity index (χ1v) is 6.29. The summed E-state index contributed by atoms with van der Waals surface area (Å²) >= 11 is 0. The lowest BCUT2D eigenvalue weighted by Gasteiger charge is -2.15. The van der Waals surface area contributed by atoms with E-state index in [0.717, 1.165) is 24.8 Å². The Hall–Kier alpha value is -1.42. The summed E-state index contributed by atoms with van der Waals surface area (Å²) in [5.41, 5.74) is 1.06. The summed E-state index contributed by atoms with van der Waals surface area (Å²) in [4.78, 5) is 11.9. The van der Waals surface area contributed by atoms with E-state index in [1.807, 2.05) is 0 Å². The van der Waals surface area contributed by atoms with E-state index in [9.17, 15) is 14.3 Å². The van der Waals surface area contributed by atoms with E-state index in [1.54, 1.807) is 13.0 Å². The average Bonchev–Trinajstić information content (AvgIpc) is 2.70. The number of hydrogen-bond acceptors (Lipinski definition) is 2. The molecule has 98 valence electrons. The van der Waals surface area contributed by atoms with Crippen LogP contribution in [0.1, 0.15) is 35.2 Å². The molecule has 1 aromatic carbocycles. The molecule has 0 saturated heterocycles. The molecule has 0 radical (unpaired) electrons. The van der Waals surface area contributed by atoms with Crippen molar-refractivity contribution in [3.63, 3.8) is 0 Å². The maximum Gasteiger partial charge on any atom is 0.251 e. The monoisotopic (exact) mass is 251 g/mol. The minimum atomic E-state index is -0.402. The van der Waals surface area contributed by atoms with Crippen molar-refractivity contribution in [2.45, 2.75) is 32.3 Å². The fourth-order valence-electron chi connectivity index (χ4n) is 2.45. The lowest BCUT2D eigenvalue weighted by molar-refractivity contribution is 0.0916. The maximum atomic E-state index is 13.2. The van der Waals surface area contributed by atoms with Crippen LogP contribution in [0.3, 0.4) is 0 Å². The van der Waals surface area contributed by atoms with Crippen molar-refractivity contribution < 1.29 is 14.3 Å². The van der Waals surface area contributed by atoms with E-state index >= 15 is 0 Å². The van der Waals surface area contributed by atoms with Crippen LogP contribution in [0.2, 0.25) is 0 Å². The number of halogens is 1. The molecule has 18 heavy (non-hydrogen) atoms. The Morgan fingerprint density at radius 2 is 2.22 bits per heavy atom. The summed E-state index contributed by atoms with van der Waals surface area (Å²) in [7, 11) is 0. The number of amides is 1. The van der Waals surface area contributed by atoms with Gasteiger partial charge in [-0.25, -0.2) is 4.39 Å². The molecule has 1 aliphatic rings. The summed E-state index contributed by atoms with van der Waals surface area (Å²) in [6, 6.07) is 4.27. The molecule has 2 unspecified atom stereocenters. The molecule has 1 fully saturated rings. The average molecular weight is 251 g/mol. The fraction of sp³-hybridized carbons (Fsp3) is 0.500. The van der Waals surface area contributed by atoms with E-state index in [4.69, 9.17) is 0 Å². The molecule has 1 amide bonds. The normalized spacial score (nSPS) is 23.1. The van der Waals surface area contributed by atoms with Crippen molar-refractivity contribution >= 4 is 5.91 Å². The van der Waals surface area contributed by atoms with Gasteiger partial charge >= 0.3 is 0 Å². The molecule has 1 aromatic rings. The number of hydrogen-bond donors (Lipinski definition) is 2. The third-order valence-electron chi connectivity index (χ3n) is 3.45. The van der Waals surface area contributed by atoms with Gasteiger partial charge in [0.1, 0.15) is 5.82 Å². The Morgan fingerprint density at radius 3 is 2.83 bits per heavy atom. The van der Waals surface area contributed by atoms with Crippen molar-refractivity contribution in [1.29, 1.82) is 0 Å². The van der Waals surface area contributed by atoms with Gasteiger partial charge < -0.3 is 10.4 Å². The summed E-state index contributed by atoms with van der Waals surface area (Å²) in [6.45, 7) is 2.20. The number of nitrogens with one attached hydrogen (secondary N) is 1. The van der Waals surface area contributed by atoms with E-state index in [1.165, 1.54) is 12.1 Å². The van der Waals surface area contributed by atoms with Gasteiger partial charge in [0.2, 0.25) is 0 Å².